The smallest absolute Gasteiger partial charge is 0.253 e. The van der Waals surface area contributed by atoms with Gasteiger partial charge in [0.15, 0.2) is 0 Å². The Morgan fingerprint density at radius 3 is 2.63 bits per heavy atom. The number of hydrogen-bond donors (Lipinski definition) is 2. The molecule has 0 aliphatic carbocycles. The predicted molar refractivity (Wildman–Crippen MR) is 103 cm³/mol. The maximum absolute atomic E-state index is 12.9. The number of methoxy groups -OCH3 is 1. The van der Waals surface area contributed by atoms with Gasteiger partial charge in [-0.15, -0.1) is 0 Å². The number of nitrogens with zero attached hydrogens (tertiary/aromatic N) is 1. The summed E-state index contributed by atoms with van der Waals surface area (Å²) >= 11 is 0. The molecule has 1 heterocycles. The van der Waals surface area contributed by atoms with Crippen LogP contribution in [-0.2, 0) is 6.54 Å². The van der Waals surface area contributed by atoms with Crippen LogP contribution >= 0.6 is 0 Å². The number of aryl methyl sites for hydroxylation is 1. The molecule has 5 nitrogen and oxygen atoms in total. The fourth-order valence-corrected chi connectivity index (χ4v) is 2.59. The molecule has 0 radical (unpaired) electrons. The molecular weight excluding hydrogens is 345 g/mol. The molecule has 0 spiro atoms. The minimum Gasteiger partial charge on any atom is -0.495 e. The van der Waals surface area contributed by atoms with Gasteiger partial charge in [0.2, 0.25) is 0 Å². The third-order valence-corrected chi connectivity index (χ3v) is 4.00. The van der Waals surface area contributed by atoms with Gasteiger partial charge in [-0.25, -0.2) is 4.39 Å². The van der Waals surface area contributed by atoms with Crippen molar-refractivity contribution in [2.75, 3.05) is 12.4 Å². The molecule has 3 aromatic rings. The van der Waals surface area contributed by atoms with Crippen molar-refractivity contribution >= 4 is 17.3 Å². The number of aromatic nitrogens is 1. The molecule has 0 unspecified atom stereocenters. The lowest BCUT2D eigenvalue weighted by atomic mass is 10.2. The minimum absolute atomic E-state index is 0.258. The van der Waals surface area contributed by atoms with E-state index in [1.807, 2.05) is 25.1 Å². The molecule has 2 N–H and O–H groups in total. The zero-order valence-electron chi connectivity index (χ0n) is 15.1. The summed E-state index contributed by atoms with van der Waals surface area (Å²) in [5.41, 5.74) is 3.79. The lowest BCUT2D eigenvalue weighted by Crippen LogP contribution is -2.23. The van der Waals surface area contributed by atoms with Crippen LogP contribution < -0.4 is 15.4 Å². The third-order valence-electron chi connectivity index (χ3n) is 4.00. The van der Waals surface area contributed by atoms with E-state index >= 15 is 0 Å². The molecule has 27 heavy (non-hydrogen) atoms. The van der Waals surface area contributed by atoms with E-state index in [0.29, 0.717) is 23.5 Å². The average Bonchev–Trinajstić information content (AvgIpc) is 2.68. The molecule has 1 amide bonds. The van der Waals surface area contributed by atoms with Crippen LogP contribution in [0.4, 0.5) is 15.8 Å². The van der Waals surface area contributed by atoms with Gasteiger partial charge in [-0.05, 0) is 48.4 Å². The molecule has 2 aromatic carbocycles. The van der Waals surface area contributed by atoms with Crippen molar-refractivity contribution in [1.82, 2.24) is 10.3 Å². The standard InChI is InChI=1S/C21H20FN3O2/c1-14-3-8-20(27-2)19(9-14)25-18-10-16(12-23-13-18)21(26)24-11-15-4-6-17(22)7-5-15/h3-10,12-13,25H,11H2,1-2H3,(H,24,26). The Morgan fingerprint density at radius 1 is 1.11 bits per heavy atom. The summed E-state index contributed by atoms with van der Waals surface area (Å²) in [6, 6.07) is 13.5. The molecule has 0 aliphatic heterocycles. The summed E-state index contributed by atoms with van der Waals surface area (Å²) in [6.45, 7) is 2.30. The summed E-state index contributed by atoms with van der Waals surface area (Å²) in [6.07, 6.45) is 3.14. The van der Waals surface area contributed by atoms with Crippen LogP contribution in [-0.4, -0.2) is 18.0 Å². The normalized spacial score (nSPS) is 10.3. The van der Waals surface area contributed by atoms with Gasteiger partial charge in [-0.3, -0.25) is 9.78 Å². The van der Waals surface area contributed by atoms with E-state index < -0.39 is 0 Å². The summed E-state index contributed by atoms with van der Waals surface area (Å²) in [5.74, 6) is 0.137. The van der Waals surface area contributed by atoms with Crippen LogP contribution in [0.15, 0.2) is 60.9 Å². The maximum atomic E-state index is 12.9. The number of rotatable bonds is 6. The van der Waals surface area contributed by atoms with Gasteiger partial charge in [-0.1, -0.05) is 18.2 Å². The lowest BCUT2D eigenvalue weighted by molar-refractivity contribution is 0.0950. The molecule has 0 saturated carbocycles. The molecule has 1 aromatic heterocycles. The second-order valence-corrected chi connectivity index (χ2v) is 6.10. The van der Waals surface area contributed by atoms with Gasteiger partial charge in [0.1, 0.15) is 11.6 Å². The highest BCUT2D eigenvalue weighted by Gasteiger charge is 2.09. The molecule has 0 bridgehead atoms. The molecule has 0 fully saturated rings. The van der Waals surface area contributed by atoms with Crippen molar-refractivity contribution < 1.29 is 13.9 Å². The molecule has 0 saturated heterocycles. The maximum Gasteiger partial charge on any atom is 0.253 e. The minimum atomic E-state index is -0.306. The largest absolute Gasteiger partial charge is 0.495 e. The van der Waals surface area contributed by atoms with Crippen molar-refractivity contribution in [1.29, 1.82) is 0 Å². The Balaban J connectivity index is 1.70. The number of anilines is 2. The van der Waals surface area contributed by atoms with Gasteiger partial charge in [0, 0.05) is 12.7 Å². The highest BCUT2D eigenvalue weighted by molar-refractivity contribution is 5.94. The number of carbonyl (C=O) groups is 1. The number of pyridine rings is 1. The number of halogens is 1. The molecule has 6 heteroatoms. The Labute approximate surface area is 157 Å². The van der Waals surface area contributed by atoms with E-state index in [2.05, 4.69) is 15.6 Å². The fraction of sp³-hybridized carbons (Fsp3) is 0.143. The summed E-state index contributed by atoms with van der Waals surface area (Å²) in [5, 5.41) is 6.03. The topological polar surface area (TPSA) is 63.2 Å². The second-order valence-electron chi connectivity index (χ2n) is 6.10. The number of benzene rings is 2. The van der Waals surface area contributed by atoms with Crippen molar-refractivity contribution in [3.8, 4) is 5.75 Å². The van der Waals surface area contributed by atoms with Gasteiger partial charge in [0.05, 0.1) is 30.2 Å². The van der Waals surface area contributed by atoms with Gasteiger partial charge in [0.25, 0.3) is 5.91 Å². The quantitative estimate of drug-likeness (QED) is 0.687. The number of carbonyl (C=O) groups excluding carboxylic acids is 1. The van der Waals surface area contributed by atoms with Crippen molar-refractivity contribution in [3.63, 3.8) is 0 Å². The number of nitrogens with one attached hydrogen (secondary N) is 2. The van der Waals surface area contributed by atoms with Crippen molar-refractivity contribution in [3.05, 3.63) is 83.4 Å². The zero-order valence-corrected chi connectivity index (χ0v) is 15.1. The molecule has 0 atom stereocenters. The first-order valence-corrected chi connectivity index (χ1v) is 8.44. The van der Waals surface area contributed by atoms with E-state index in [1.54, 1.807) is 31.5 Å². The zero-order chi connectivity index (χ0) is 19.2. The van der Waals surface area contributed by atoms with Crippen LogP contribution in [0, 0.1) is 12.7 Å². The van der Waals surface area contributed by atoms with Crippen LogP contribution in [0.3, 0.4) is 0 Å². The Hall–Kier alpha value is -3.41. The highest BCUT2D eigenvalue weighted by Crippen LogP contribution is 2.28. The summed E-state index contributed by atoms with van der Waals surface area (Å²) < 4.78 is 18.3. The van der Waals surface area contributed by atoms with E-state index in [-0.39, 0.29) is 11.7 Å². The fourth-order valence-electron chi connectivity index (χ4n) is 2.59. The van der Waals surface area contributed by atoms with Gasteiger partial charge >= 0.3 is 0 Å². The van der Waals surface area contributed by atoms with Crippen LogP contribution in [0.25, 0.3) is 0 Å². The molecule has 138 valence electrons. The number of ether oxygens (including phenoxy) is 1. The average molecular weight is 365 g/mol. The molecular formula is C21H20FN3O2. The molecule has 0 aliphatic rings. The number of amides is 1. The Bertz CT molecular complexity index is 942. The van der Waals surface area contributed by atoms with Crippen molar-refractivity contribution in [2.24, 2.45) is 0 Å². The van der Waals surface area contributed by atoms with Gasteiger partial charge in [-0.2, -0.15) is 0 Å². The first-order valence-electron chi connectivity index (χ1n) is 8.44. The SMILES string of the molecule is COc1ccc(C)cc1Nc1cncc(C(=O)NCc2ccc(F)cc2)c1. The van der Waals surface area contributed by atoms with Crippen LogP contribution in [0.5, 0.6) is 5.75 Å². The second kappa shape index (κ2) is 8.31. The van der Waals surface area contributed by atoms with Crippen LogP contribution in [0.2, 0.25) is 0 Å². The Kier molecular flexibility index (Phi) is 5.66. The monoisotopic (exact) mass is 365 g/mol. The van der Waals surface area contributed by atoms with E-state index in [1.165, 1.54) is 18.3 Å². The first kappa shape index (κ1) is 18.4. The number of hydrogen-bond acceptors (Lipinski definition) is 4. The summed E-state index contributed by atoms with van der Waals surface area (Å²) in [4.78, 5) is 16.5. The Morgan fingerprint density at radius 2 is 1.89 bits per heavy atom. The van der Waals surface area contributed by atoms with E-state index in [0.717, 1.165) is 16.8 Å². The van der Waals surface area contributed by atoms with Crippen LogP contribution in [0.1, 0.15) is 21.5 Å². The first-order chi connectivity index (χ1) is 13.0. The predicted octanol–water partition coefficient (Wildman–Crippen LogP) is 4.21. The van der Waals surface area contributed by atoms with Crippen molar-refractivity contribution in [2.45, 2.75) is 13.5 Å². The molecule has 3 rings (SSSR count). The summed E-state index contributed by atoms with van der Waals surface area (Å²) in [7, 11) is 1.60. The van der Waals surface area contributed by atoms with Gasteiger partial charge < -0.3 is 15.4 Å². The third kappa shape index (κ3) is 4.82. The van der Waals surface area contributed by atoms with E-state index in [4.69, 9.17) is 4.74 Å². The highest BCUT2D eigenvalue weighted by atomic mass is 19.1. The lowest BCUT2D eigenvalue weighted by Gasteiger charge is -2.12. The van der Waals surface area contributed by atoms with E-state index in [9.17, 15) is 9.18 Å².